The number of nitrogens with one attached hydrogen (secondary N) is 2. The molecule has 4 aliphatic rings. The van der Waals surface area contributed by atoms with Crippen LogP contribution in [-0.2, 0) is 20.7 Å². The number of aromatic amines is 1. The molecule has 4 saturated carbocycles. The zero-order chi connectivity index (χ0) is 20.7. The Balaban J connectivity index is 1.26. The van der Waals surface area contributed by atoms with Gasteiger partial charge in [-0.2, -0.15) is 0 Å². The quantitative estimate of drug-likeness (QED) is 0.700. The average Bonchev–Trinajstić information content (AvgIpc) is 3.13. The first kappa shape index (κ1) is 19.5. The standard InChI is InChI=1S/C24H30N2O4/c1-29-22(27)12-19(11-18-13-25-21-5-3-2-4-20(18)21)26-24(28)30-23-16-7-14-6-15(9-16)10-17(23)8-14/h2-5,13-17,19,23,25H,6-12H2,1H3,(H,26,28). The summed E-state index contributed by atoms with van der Waals surface area (Å²) in [4.78, 5) is 28.0. The smallest absolute Gasteiger partial charge is 0.407 e. The lowest BCUT2D eigenvalue weighted by Gasteiger charge is -2.53. The number of rotatable bonds is 6. The summed E-state index contributed by atoms with van der Waals surface area (Å²) in [6.45, 7) is 0. The van der Waals surface area contributed by atoms with Crippen molar-refractivity contribution in [2.45, 2.75) is 57.1 Å². The van der Waals surface area contributed by atoms with Gasteiger partial charge in [-0.15, -0.1) is 0 Å². The molecule has 160 valence electrons. The van der Waals surface area contributed by atoms with E-state index < -0.39 is 6.09 Å². The molecule has 4 bridgehead atoms. The van der Waals surface area contributed by atoms with E-state index in [0.717, 1.165) is 28.3 Å². The Kier molecular flexibility index (Phi) is 5.17. The molecule has 30 heavy (non-hydrogen) atoms. The number of H-pyrrole nitrogens is 1. The predicted molar refractivity (Wildman–Crippen MR) is 113 cm³/mol. The van der Waals surface area contributed by atoms with Crippen LogP contribution in [0.3, 0.4) is 0 Å². The number of benzene rings is 1. The van der Waals surface area contributed by atoms with E-state index in [1.807, 2.05) is 30.5 Å². The van der Waals surface area contributed by atoms with E-state index in [9.17, 15) is 9.59 Å². The number of esters is 1. The maximum Gasteiger partial charge on any atom is 0.407 e. The third kappa shape index (κ3) is 3.80. The summed E-state index contributed by atoms with van der Waals surface area (Å²) < 4.78 is 10.8. The van der Waals surface area contributed by atoms with Gasteiger partial charge in [0.15, 0.2) is 0 Å². The molecule has 0 saturated heterocycles. The molecule has 6 rings (SSSR count). The second-order valence-corrected chi connectivity index (χ2v) is 9.49. The first-order valence-electron chi connectivity index (χ1n) is 11.2. The first-order chi connectivity index (χ1) is 14.6. The summed E-state index contributed by atoms with van der Waals surface area (Å²) in [5.74, 6) is 2.36. The lowest BCUT2D eigenvalue weighted by atomic mass is 9.55. The van der Waals surface area contributed by atoms with Crippen LogP contribution in [0, 0.1) is 23.7 Å². The van der Waals surface area contributed by atoms with Gasteiger partial charge < -0.3 is 19.8 Å². The third-order valence-electron chi connectivity index (χ3n) is 7.49. The van der Waals surface area contributed by atoms with Gasteiger partial charge in [0.1, 0.15) is 6.10 Å². The highest BCUT2D eigenvalue weighted by Gasteiger charge is 2.50. The van der Waals surface area contributed by atoms with E-state index in [4.69, 9.17) is 9.47 Å². The van der Waals surface area contributed by atoms with Crippen LogP contribution in [0.2, 0.25) is 0 Å². The SMILES string of the molecule is COC(=O)CC(Cc1c[nH]c2ccccc12)NC(=O)OC1C2CC3CC(C2)CC1C3. The van der Waals surface area contributed by atoms with Gasteiger partial charge in [0.25, 0.3) is 0 Å². The van der Waals surface area contributed by atoms with Crippen LogP contribution in [0.5, 0.6) is 0 Å². The third-order valence-corrected chi connectivity index (χ3v) is 7.49. The molecule has 0 radical (unpaired) electrons. The topological polar surface area (TPSA) is 80.4 Å². The molecular weight excluding hydrogens is 380 g/mol. The largest absolute Gasteiger partial charge is 0.469 e. The number of carbonyl (C=O) groups is 2. The molecule has 2 aromatic rings. The summed E-state index contributed by atoms with van der Waals surface area (Å²) in [5.41, 5.74) is 2.11. The Bertz CT molecular complexity index is 908. The highest BCUT2D eigenvalue weighted by molar-refractivity contribution is 5.83. The van der Waals surface area contributed by atoms with Crippen molar-refractivity contribution in [1.82, 2.24) is 10.3 Å². The minimum Gasteiger partial charge on any atom is -0.469 e. The molecule has 6 nitrogen and oxygen atoms in total. The van der Waals surface area contributed by atoms with Gasteiger partial charge in [-0.3, -0.25) is 4.79 Å². The molecule has 1 unspecified atom stereocenters. The monoisotopic (exact) mass is 410 g/mol. The summed E-state index contributed by atoms with van der Waals surface area (Å²) in [7, 11) is 1.37. The number of alkyl carbamates (subject to hydrolysis) is 1. The maximum absolute atomic E-state index is 12.8. The second kappa shape index (κ2) is 7.97. The van der Waals surface area contributed by atoms with Crippen molar-refractivity contribution < 1.29 is 19.1 Å². The summed E-state index contributed by atoms with van der Waals surface area (Å²) in [5, 5.41) is 4.07. The van der Waals surface area contributed by atoms with E-state index in [-0.39, 0.29) is 24.5 Å². The van der Waals surface area contributed by atoms with Crippen LogP contribution in [0.1, 0.15) is 44.1 Å². The fourth-order valence-corrected chi connectivity index (χ4v) is 6.42. The van der Waals surface area contributed by atoms with E-state index in [0.29, 0.717) is 18.3 Å². The number of ether oxygens (including phenoxy) is 2. The van der Waals surface area contributed by atoms with Crippen LogP contribution < -0.4 is 5.32 Å². The van der Waals surface area contributed by atoms with Crippen molar-refractivity contribution in [3.05, 3.63) is 36.0 Å². The minimum absolute atomic E-state index is 0.0321. The number of hydrogen-bond acceptors (Lipinski definition) is 4. The van der Waals surface area contributed by atoms with Gasteiger partial charge >= 0.3 is 12.1 Å². The van der Waals surface area contributed by atoms with Crippen molar-refractivity contribution in [3.8, 4) is 0 Å². The van der Waals surface area contributed by atoms with Gasteiger partial charge in [0.2, 0.25) is 0 Å². The Morgan fingerprint density at radius 2 is 1.80 bits per heavy atom. The molecule has 6 heteroatoms. The van der Waals surface area contributed by atoms with Gasteiger partial charge in [-0.05, 0) is 73.8 Å². The van der Waals surface area contributed by atoms with E-state index in [1.165, 1.54) is 39.2 Å². The van der Waals surface area contributed by atoms with Crippen molar-refractivity contribution in [2.24, 2.45) is 23.7 Å². The molecule has 1 aromatic carbocycles. The van der Waals surface area contributed by atoms with Crippen LogP contribution in [-0.4, -0.2) is 36.3 Å². The number of amides is 1. The number of methoxy groups -OCH3 is 1. The number of hydrogen-bond donors (Lipinski definition) is 2. The highest BCUT2D eigenvalue weighted by atomic mass is 16.6. The molecule has 2 N–H and O–H groups in total. The van der Waals surface area contributed by atoms with Gasteiger partial charge in [0, 0.05) is 23.1 Å². The predicted octanol–water partition coefficient (Wildman–Crippen LogP) is 4.19. The van der Waals surface area contributed by atoms with Crippen LogP contribution in [0.15, 0.2) is 30.5 Å². The van der Waals surface area contributed by atoms with E-state index >= 15 is 0 Å². The van der Waals surface area contributed by atoms with Crippen molar-refractivity contribution in [2.75, 3.05) is 7.11 Å². The highest BCUT2D eigenvalue weighted by Crippen LogP contribution is 2.54. The van der Waals surface area contributed by atoms with Gasteiger partial charge in [-0.1, -0.05) is 18.2 Å². The average molecular weight is 411 g/mol. The first-order valence-corrected chi connectivity index (χ1v) is 11.2. The van der Waals surface area contributed by atoms with Crippen LogP contribution in [0.4, 0.5) is 4.79 Å². The molecule has 1 heterocycles. The molecule has 1 aromatic heterocycles. The van der Waals surface area contributed by atoms with Gasteiger partial charge in [0.05, 0.1) is 13.5 Å². The van der Waals surface area contributed by atoms with Crippen LogP contribution in [0.25, 0.3) is 10.9 Å². The van der Waals surface area contributed by atoms with E-state index in [1.54, 1.807) is 0 Å². The molecule has 1 atom stereocenters. The number of carbonyl (C=O) groups excluding carboxylic acids is 2. The Labute approximate surface area is 176 Å². The van der Waals surface area contributed by atoms with Crippen molar-refractivity contribution >= 4 is 23.0 Å². The normalized spacial score (nSPS) is 30.2. The number of para-hydroxylation sites is 1. The maximum atomic E-state index is 12.8. The lowest BCUT2D eigenvalue weighted by molar-refractivity contribution is -0.141. The summed E-state index contributed by atoms with van der Waals surface area (Å²) in [6, 6.07) is 7.66. The zero-order valence-corrected chi connectivity index (χ0v) is 17.4. The fraction of sp³-hybridized carbons (Fsp3) is 0.583. The molecule has 4 aliphatic carbocycles. The second-order valence-electron chi connectivity index (χ2n) is 9.49. The lowest BCUT2D eigenvalue weighted by Crippen LogP contribution is -2.51. The fourth-order valence-electron chi connectivity index (χ4n) is 6.42. The number of fused-ring (bicyclic) bond motifs is 1. The molecule has 1 amide bonds. The zero-order valence-electron chi connectivity index (χ0n) is 17.4. The Hall–Kier alpha value is -2.50. The molecule has 0 aliphatic heterocycles. The van der Waals surface area contributed by atoms with Crippen molar-refractivity contribution in [1.29, 1.82) is 0 Å². The Morgan fingerprint density at radius 3 is 2.50 bits per heavy atom. The molecular formula is C24H30N2O4. The van der Waals surface area contributed by atoms with E-state index in [2.05, 4.69) is 10.3 Å². The Morgan fingerprint density at radius 1 is 1.10 bits per heavy atom. The van der Waals surface area contributed by atoms with Gasteiger partial charge in [-0.25, -0.2) is 4.79 Å². The summed E-state index contributed by atoms with van der Waals surface area (Å²) in [6.07, 6.45) is 8.40. The van der Waals surface area contributed by atoms with Crippen LogP contribution >= 0.6 is 0 Å². The number of aromatic nitrogens is 1. The minimum atomic E-state index is -0.402. The molecule has 0 spiro atoms. The molecule has 4 fully saturated rings. The van der Waals surface area contributed by atoms with Crippen molar-refractivity contribution in [3.63, 3.8) is 0 Å². The summed E-state index contributed by atoms with van der Waals surface area (Å²) >= 11 is 0.